The van der Waals surface area contributed by atoms with Gasteiger partial charge in [-0.1, -0.05) is 36.8 Å². The number of likely N-dealkylation sites (tertiary alicyclic amines) is 1. The molecule has 1 aromatic rings. The maximum Gasteiger partial charge on any atom is 0.222 e. The predicted octanol–water partition coefficient (Wildman–Crippen LogP) is 2.66. The number of hydrogen-bond donors (Lipinski definition) is 1. The molecule has 0 spiro atoms. The van der Waals surface area contributed by atoms with E-state index >= 15 is 0 Å². The van der Waals surface area contributed by atoms with Crippen molar-refractivity contribution in [2.75, 3.05) is 19.6 Å². The smallest absolute Gasteiger partial charge is 0.222 e. The molecule has 0 aliphatic carbocycles. The number of nitrogens with zero attached hydrogens (tertiary/aromatic N) is 1. The zero-order valence-electron chi connectivity index (χ0n) is 12.0. The molecule has 1 aliphatic heterocycles. The molecule has 1 N–H and O–H groups in total. The van der Waals surface area contributed by atoms with Crippen molar-refractivity contribution >= 4 is 5.91 Å². The average Bonchev–Trinajstić information content (AvgIpc) is 2.81. The lowest BCUT2D eigenvalue weighted by molar-refractivity contribution is -0.128. The van der Waals surface area contributed by atoms with E-state index < -0.39 is 0 Å². The second-order valence-corrected chi connectivity index (χ2v) is 5.36. The first-order chi connectivity index (χ1) is 9.20. The summed E-state index contributed by atoms with van der Waals surface area (Å²) in [6.45, 7) is 6.96. The molecule has 2 rings (SSSR count). The Morgan fingerprint density at radius 3 is 2.63 bits per heavy atom. The van der Waals surface area contributed by atoms with Gasteiger partial charge in [-0.2, -0.15) is 0 Å². The molecule has 3 nitrogen and oxygen atoms in total. The quantitative estimate of drug-likeness (QED) is 0.853. The van der Waals surface area contributed by atoms with Gasteiger partial charge in [0.25, 0.3) is 0 Å². The van der Waals surface area contributed by atoms with Crippen LogP contribution in [0.15, 0.2) is 24.3 Å². The van der Waals surface area contributed by atoms with Crippen molar-refractivity contribution in [3.8, 4) is 0 Å². The summed E-state index contributed by atoms with van der Waals surface area (Å²) < 4.78 is 0. The summed E-state index contributed by atoms with van der Waals surface area (Å²) in [4.78, 5) is 13.8. The molecule has 1 atom stereocenters. The number of aryl methyl sites for hydroxylation is 1. The van der Waals surface area contributed by atoms with Crippen molar-refractivity contribution in [1.29, 1.82) is 0 Å². The van der Waals surface area contributed by atoms with E-state index in [1.807, 2.05) is 4.90 Å². The lowest BCUT2D eigenvalue weighted by atomic mass is 10.0. The summed E-state index contributed by atoms with van der Waals surface area (Å²) >= 11 is 0. The lowest BCUT2D eigenvalue weighted by Gasteiger charge is -2.25. The number of rotatable bonds is 6. The third kappa shape index (κ3) is 3.80. The van der Waals surface area contributed by atoms with Gasteiger partial charge >= 0.3 is 0 Å². The first kappa shape index (κ1) is 14.1. The Labute approximate surface area is 116 Å². The normalized spacial score (nSPS) is 16.9. The number of nitrogens with one attached hydrogen (secondary N) is 1. The van der Waals surface area contributed by atoms with Crippen LogP contribution in [-0.2, 0) is 4.79 Å². The molecule has 1 fully saturated rings. The molecule has 0 saturated carbocycles. The predicted molar refractivity (Wildman–Crippen MR) is 78.0 cm³/mol. The monoisotopic (exact) mass is 260 g/mol. The van der Waals surface area contributed by atoms with Crippen molar-refractivity contribution < 1.29 is 4.79 Å². The molecule has 1 aliphatic rings. The fourth-order valence-corrected chi connectivity index (χ4v) is 2.52. The SMILES string of the molecule is CCCNC(CN1CCCC1=O)c1ccc(C)cc1. The van der Waals surface area contributed by atoms with Gasteiger partial charge in [0.05, 0.1) is 0 Å². The van der Waals surface area contributed by atoms with Gasteiger partial charge in [0, 0.05) is 25.6 Å². The van der Waals surface area contributed by atoms with Gasteiger partial charge in [-0.25, -0.2) is 0 Å². The summed E-state index contributed by atoms with van der Waals surface area (Å²) in [7, 11) is 0. The van der Waals surface area contributed by atoms with Gasteiger partial charge in [0.1, 0.15) is 0 Å². The Bertz CT molecular complexity index is 413. The number of hydrogen-bond acceptors (Lipinski definition) is 2. The van der Waals surface area contributed by atoms with Crippen LogP contribution in [0.3, 0.4) is 0 Å². The molecule has 0 bridgehead atoms. The summed E-state index contributed by atoms with van der Waals surface area (Å²) in [6.07, 6.45) is 2.83. The maximum atomic E-state index is 11.8. The van der Waals surface area contributed by atoms with E-state index in [1.54, 1.807) is 0 Å². The third-order valence-corrected chi connectivity index (χ3v) is 3.69. The Balaban J connectivity index is 2.06. The first-order valence-corrected chi connectivity index (χ1v) is 7.28. The second kappa shape index (κ2) is 6.71. The van der Waals surface area contributed by atoms with Crippen molar-refractivity contribution in [2.24, 2.45) is 0 Å². The van der Waals surface area contributed by atoms with Crippen molar-refractivity contribution in [3.63, 3.8) is 0 Å². The van der Waals surface area contributed by atoms with Gasteiger partial charge in [-0.3, -0.25) is 4.79 Å². The summed E-state index contributed by atoms with van der Waals surface area (Å²) in [5.74, 6) is 0.301. The molecule has 0 aromatic heterocycles. The topological polar surface area (TPSA) is 32.3 Å². The van der Waals surface area contributed by atoms with Gasteiger partial charge in [-0.15, -0.1) is 0 Å². The highest BCUT2D eigenvalue weighted by molar-refractivity contribution is 5.78. The van der Waals surface area contributed by atoms with Gasteiger partial charge < -0.3 is 10.2 Å². The second-order valence-electron chi connectivity index (χ2n) is 5.36. The van der Waals surface area contributed by atoms with Crippen molar-refractivity contribution in [1.82, 2.24) is 10.2 Å². The molecule has 1 heterocycles. The first-order valence-electron chi connectivity index (χ1n) is 7.28. The highest BCUT2D eigenvalue weighted by Gasteiger charge is 2.23. The Morgan fingerprint density at radius 2 is 2.05 bits per heavy atom. The largest absolute Gasteiger partial charge is 0.341 e. The molecule has 0 radical (unpaired) electrons. The minimum absolute atomic E-state index is 0.252. The standard InChI is InChI=1S/C16H24N2O/c1-3-10-17-15(12-18-11-4-5-16(18)19)14-8-6-13(2)7-9-14/h6-9,15,17H,3-5,10-12H2,1-2H3. The van der Waals surface area contributed by atoms with E-state index in [9.17, 15) is 4.79 Å². The van der Waals surface area contributed by atoms with E-state index in [-0.39, 0.29) is 6.04 Å². The highest BCUT2D eigenvalue weighted by atomic mass is 16.2. The van der Waals surface area contributed by atoms with Crippen LogP contribution in [0.25, 0.3) is 0 Å². The zero-order chi connectivity index (χ0) is 13.7. The Kier molecular flexibility index (Phi) is 4.97. The fourth-order valence-electron chi connectivity index (χ4n) is 2.52. The molecule has 1 saturated heterocycles. The molecule has 1 unspecified atom stereocenters. The van der Waals surface area contributed by atoms with Crippen LogP contribution in [0.5, 0.6) is 0 Å². The zero-order valence-corrected chi connectivity index (χ0v) is 12.0. The van der Waals surface area contributed by atoms with Crippen molar-refractivity contribution in [3.05, 3.63) is 35.4 Å². The van der Waals surface area contributed by atoms with Crippen LogP contribution in [0.2, 0.25) is 0 Å². The maximum absolute atomic E-state index is 11.8. The van der Waals surface area contributed by atoms with Crippen LogP contribution in [-0.4, -0.2) is 30.4 Å². The number of carbonyl (C=O) groups is 1. The average molecular weight is 260 g/mol. The third-order valence-electron chi connectivity index (χ3n) is 3.69. The minimum atomic E-state index is 0.252. The number of benzene rings is 1. The van der Waals surface area contributed by atoms with Gasteiger partial charge in [0.2, 0.25) is 5.91 Å². The molecular formula is C16H24N2O. The summed E-state index contributed by atoms with van der Waals surface area (Å²) in [5, 5.41) is 3.56. The highest BCUT2D eigenvalue weighted by Crippen LogP contribution is 2.19. The van der Waals surface area contributed by atoms with Crippen LogP contribution < -0.4 is 5.32 Å². The molecule has 19 heavy (non-hydrogen) atoms. The van der Waals surface area contributed by atoms with Gasteiger partial charge in [-0.05, 0) is 31.9 Å². The minimum Gasteiger partial charge on any atom is -0.341 e. The van der Waals surface area contributed by atoms with Crippen LogP contribution in [0.4, 0.5) is 0 Å². The van der Waals surface area contributed by atoms with Crippen LogP contribution >= 0.6 is 0 Å². The van der Waals surface area contributed by atoms with Crippen molar-refractivity contribution in [2.45, 2.75) is 39.2 Å². The van der Waals surface area contributed by atoms with Gasteiger partial charge in [0.15, 0.2) is 0 Å². The van der Waals surface area contributed by atoms with E-state index in [0.29, 0.717) is 12.3 Å². The number of amides is 1. The molecule has 3 heteroatoms. The Hall–Kier alpha value is -1.35. The Morgan fingerprint density at radius 1 is 1.32 bits per heavy atom. The lowest BCUT2D eigenvalue weighted by Crippen LogP contribution is -2.36. The summed E-state index contributed by atoms with van der Waals surface area (Å²) in [6, 6.07) is 8.87. The molecule has 1 amide bonds. The van der Waals surface area contributed by atoms with Crippen LogP contribution in [0.1, 0.15) is 43.4 Å². The van der Waals surface area contributed by atoms with E-state index in [4.69, 9.17) is 0 Å². The molecule has 104 valence electrons. The van der Waals surface area contributed by atoms with Crippen LogP contribution in [0, 0.1) is 6.92 Å². The molecule has 1 aromatic carbocycles. The van der Waals surface area contributed by atoms with E-state index in [0.717, 1.165) is 32.5 Å². The van der Waals surface area contributed by atoms with E-state index in [2.05, 4.69) is 43.4 Å². The van der Waals surface area contributed by atoms with E-state index in [1.165, 1.54) is 11.1 Å². The number of carbonyl (C=O) groups excluding carboxylic acids is 1. The summed E-state index contributed by atoms with van der Waals surface area (Å²) in [5.41, 5.74) is 2.55. The molecular weight excluding hydrogens is 236 g/mol. The fraction of sp³-hybridized carbons (Fsp3) is 0.562.